The summed E-state index contributed by atoms with van der Waals surface area (Å²) in [4.78, 5) is 12.5. The van der Waals surface area contributed by atoms with Crippen molar-refractivity contribution in [2.45, 2.75) is 38.3 Å². The number of carbonyl (C=O) groups excluding carboxylic acids is 1. The summed E-state index contributed by atoms with van der Waals surface area (Å²) in [5, 5.41) is 10.8. The van der Waals surface area contributed by atoms with E-state index in [2.05, 4.69) is 15.5 Å². The van der Waals surface area contributed by atoms with Crippen LogP contribution in [0, 0.1) is 0 Å². The number of halogens is 3. The first-order valence-corrected chi connectivity index (χ1v) is 9.29. The van der Waals surface area contributed by atoms with E-state index in [1.165, 1.54) is 4.68 Å². The summed E-state index contributed by atoms with van der Waals surface area (Å²) in [6.45, 7) is 0.413. The van der Waals surface area contributed by atoms with Crippen molar-refractivity contribution in [2.24, 2.45) is 0 Å². The highest BCUT2D eigenvalue weighted by atomic mass is 35.5. The number of nitrogens with one attached hydrogen (secondary N) is 1. The Hall–Kier alpha value is -2.74. The third-order valence-electron chi connectivity index (χ3n) is 4.53. The maximum absolute atomic E-state index is 13.1. The van der Waals surface area contributed by atoms with E-state index < -0.39 is 12.1 Å². The number of aromatic nitrogens is 4. The van der Waals surface area contributed by atoms with Crippen molar-refractivity contribution < 1.29 is 13.6 Å². The van der Waals surface area contributed by atoms with E-state index >= 15 is 0 Å². The van der Waals surface area contributed by atoms with Crippen molar-refractivity contribution in [2.75, 3.05) is 5.32 Å². The highest BCUT2D eigenvalue weighted by molar-refractivity contribution is 6.32. The Morgan fingerprint density at radius 3 is 2.82 bits per heavy atom. The molecule has 2 heterocycles. The molecule has 1 amide bonds. The Balaban J connectivity index is 1.47. The Bertz CT molecular complexity index is 982. The number of benzene rings is 1. The summed E-state index contributed by atoms with van der Waals surface area (Å²) in [5.41, 5.74) is 1.66. The second kappa shape index (κ2) is 7.71. The highest BCUT2D eigenvalue weighted by Crippen LogP contribution is 2.45. The minimum atomic E-state index is -2.77. The minimum absolute atomic E-state index is 0.0217. The largest absolute Gasteiger partial charge is 0.324 e. The van der Waals surface area contributed by atoms with Gasteiger partial charge in [0.1, 0.15) is 12.2 Å². The van der Waals surface area contributed by atoms with Crippen molar-refractivity contribution in [3.63, 3.8) is 0 Å². The topological polar surface area (TPSA) is 64.7 Å². The first-order chi connectivity index (χ1) is 13.5. The predicted molar refractivity (Wildman–Crippen MR) is 101 cm³/mol. The van der Waals surface area contributed by atoms with Crippen molar-refractivity contribution >= 4 is 23.2 Å². The first kappa shape index (κ1) is 18.6. The van der Waals surface area contributed by atoms with E-state index in [4.69, 9.17) is 11.6 Å². The average Bonchev–Trinajstić information content (AvgIpc) is 3.24. The number of nitrogens with zero attached hydrogens (tertiary/aromatic N) is 4. The Labute approximate surface area is 165 Å². The van der Waals surface area contributed by atoms with Gasteiger partial charge in [0.05, 0.1) is 17.3 Å². The number of anilines is 1. The van der Waals surface area contributed by atoms with Gasteiger partial charge in [-0.15, -0.1) is 0 Å². The molecule has 1 aliphatic carbocycles. The average molecular weight is 406 g/mol. The second-order valence-electron chi connectivity index (χ2n) is 6.77. The third kappa shape index (κ3) is 4.06. The Kier molecular flexibility index (Phi) is 5.13. The zero-order chi connectivity index (χ0) is 19.7. The maximum atomic E-state index is 13.1. The first-order valence-electron chi connectivity index (χ1n) is 8.91. The molecule has 1 aliphatic rings. The van der Waals surface area contributed by atoms with E-state index in [1.54, 1.807) is 16.9 Å². The molecule has 1 saturated carbocycles. The lowest BCUT2D eigenvalue weighted by molar-refractivity contribution is -0.117. The molecule has 0 aliphatic heterocycles. The Morgan fingerprint density at radius 2 is 2.14 bits per heavy atom. The van der Waals surface area contributed by atoms with E-state index in [0.29, 0.717) is 17.9 Å². The van der Waals surface area contributed by atoms with Gasteiger partial charge in [-0.25, -0.2) is 8.78 Å². The fourth-order valence-electron chi connectivity index (χ4n) is 3.14. The van der Waals surface area contributed by atoms with Gasteiger partial charge < -0.3 is 5.32 Å². The van der Waals surface area contributed by atoms with E-state index in [1.807, 2.05) is 30.5 Å². The van der Waals surface area contributed by atoms with E-state index in [0.717, 1.165) is 18.4 Å². The summed E-state index contributed by atoms with van der Waals surface area (Å²) < 4.78 is 29.3. The van der Waals surface area contributed by atoms with Crippen molar-refractivity contribution in [1.29, 1.82) is 0 Å². The van der Waals surface area contributed by atoms with Crippen LogP contribution in [0.5, 0.6) is 0 Å². The normalized spacial score (nSPS) is 13.9. The number of hydrogen-bond acceptors (Lipinski definition) is 3. The molecule has 0 saturated heterocycles. The lowest BCUT2D eigenvalue weighted by Gasteiger charge is -2.10. The van der Waals surface area contributed by atoms with E-state index in [-0.39, 0.29) is 23.4 Å². The van der Waals surface area contributed by atoms with Gasteiger partial charge in [0, 0.05) is 24.0 Å². The summed E-state index contributed by atoms with van der Waals surface area (Å²) in [7, 11) is 0. The summed E-state index contributed by atoms with van der Waals surface area (Å²) in [6.07, 6.45) is 2.52. The fourth-order valence-corrected chi connectivity index (χ4v) is 3.52. The second-order valence-corrected chi connectivity index (χ2v) is 7.15. The van der Waals surface area contributed by atoms with Gasteiger partial charge >= 0.3 is 0 Å². The smallest absolute Gasteiger partial charge is 0.283 e. The van der Waals surface area contributed by atoms with Gasteiger partial charge in [-0.2, -0.15) is 10.2 Å². The molecule has 1 N–H and O–H groups in total. The SMILES string of the molecule is O=C(Cn1nc(C(F)F)c(Cl)c1C1CC1)Nc1cccc(Cn2cccn2)c1. The number of rotatable bonds is 7. The van der Waals surface area contributed by atoms with Crippen LogP contribution < -0.4 is 5.32 Å². The molecule has 1 fully saturated rings. The number of hydrogen-bond donors (Lipinski definition) is 1. The number of alkyl halides is 2. The standard InChI is InChI=1S/C19H18ClF2N5O/c20-16-17(19(21)22)25-27(18(16)13-5-6-13)11-15(28)24-14-4-1-3-12(9-14)10-26-8-2-7-23-26/h1-4,7-9,13,19H,5-6,10-11H2,(H,24,28). The molecular formula is C19H18ClF2N5O. The third-order valence-corrected chi connectivity index (χ3v) is 4.92. The zero-order valence-corrected chi connectivity index (χ0v) is 15.6. The van der Waals surface area contributed by atoms with Crippen molar-refractivity contribution in [3.8, 4) is 0 Å². The Morgan fingerprint density at radius 1 is 1.32 bits per heavy atom. The molecule has 9 heteroatoms. The van der Waals surface area contributed by atoms with Crippen LogP contribution in [0.4, 0.5) is 14.5 Å². The van der Waals surface area contributed by atoms with Crippen LogP contribution in [0.15, 0.2) is 42.7 Å². The molecule has 6 nitrogen and oxygen atoms in total. The zero-order valence-electron chi connectivity index (χ0n) is 14.9. The molecule has 146 valence electrons. The van der Waals surface area contributed by atoms with Crippen LogP contribution in [-0.2, 0) is 17.9 Å². The summed E-state index contributed by atoms with van der Waals surface area (Å²) >= 11 is 6.09. The van der Waals surface area contributed by atoms with Crippen LogP contribution in [0.25, 0.3) is 0 Å². The minimum Gasteiger partial charge on any atom is -0.324 e. The van der Waals surface area contributed by atoms with E-state index in [9.17, 15) is 13.6 Å². The van der Waals surface area contributed by atoms with Crippen LogP contribution in [-0.4, -0.2) is 25.5 Å². The molecule has 3 aromatic rings. The van der Waals surface area contributed by atoms with Crippen LogP contribution in [0.3, 0.4) is 0 Å². The highest BCUT2D eigenvalue weighted by Gasteiger charge is 2.34. The molecule has 4 rings (SSSR count). The van der Waals surface area contributed by atoms with Crippen LogP contribution in [0.1, 0.15) is 42.1 Å². The molecule has 0 atom stereocenters. The van der Waals surface area contributed by atoms with Gasteiger partial charge in [0.2, 0.25) is 5.91 Å². The summed E-state index contributed by atoms with van der Waals surface area (Å²) in [5.74, 6) is -0.254. The van der Waals surface area contributed by atoms with Gasteiger partial charge in [-0.1, -0.05) is 23.7 Å². The molecule has 2 aromatic heterocycles. The number of amides is 1. The lowest BCUT2D eigenvalue weighted by Crippen LogP contribution is -2.21. The predicted octanol–water partition coefficient (Wildman–Crippen LogP) is 4.24. The number of carbonyl (C=O) groups is 1. The molecule has 28 heavy (non-hydrogen) atoms. The quantitative estimate of drug-likeness (QED) is 0.639. The fraction of sp³-hybridized carbons (Fsp3) is 0.316. The lowest BCUT2D eigenvalue weighted by atomic mass is 10.2. The molecular weight excluding hydrogens is 388 g/mol. The van der Waals surface area contributed by atoms with Gasteiger partial charge in [0.25, 0.3) is 6.43 Å². The van der Waals surface area contributed by atoms with Gasteiger partial charge in [0.15, 0.2) is 0 Å². The molecule has 0 unspecified atom stereocenters. The van der Waals surface area contributed by atoms with Crippen molar-refractivity contribution in [3.05, 3.63) is 64.7 Å². The maximum Gasteiger partial charge on any atom is 0.283 e. The van der Waals surface area contributed by atoms with Crippen LogP contribution in [0.2, 0.25) is 5.02 Å². The van der Waals surface area contributed by atoms with Gasteiger partial charge in [-0.3, -0.25) is 14.2 Å². The monoisotopic (exact) mass is 405 g/mol. The van der Waals surface area contributed by atoms with Crippen LogP contribution >= 0.6 is 11.6 Å². The molecule has 0 radical (unpaired) electrons. The molecule has 1 aromatic carbocycles. The molecule has 0 bridgehead atoms. The van der Waals surface area contributed by atoms with Gasteiger partial charge in [-0.05, 0) is 36.6 Å². The summed E-state index contributed by atoms with van der Waals surface area (Å²) in [6, 6.07) is 9.23. The van der Waals surface area contributed by atoms with Crippen molar-refractivity contribution in [1.82, 2.24) is 19.6 Å². The molecule has 0 spiro atoms.